The molecule has 1 saturated carbocycles. The molecule has 2 aliphatic rings. The molecule has 1 amide bonds. The summed E-state index contributed by atoms with van der Waals surface area (Å²) in [5.41, 5.74) is 4.28. The molecule has 1 aliphatic heterocycles. The highest BCUT2D eigenvalue weighted by Gasteiger charge is 2.35. The first-order valence-electron chi connectivity index (χ1n) is 12.4. The summed E-state index contributed by atoms with van der Waals surface area (Å²) >= 11 is 0. The zero-order valence-corrected chi connectivity index (χ0v) is 20.1. The average Bonchev–Trinajstić information content (AvgIpc) is 3.52. The SMILES string of the molecule is Cc1nccnc1-c1nn2c(=O)cc(-c3ccc(C4CCCC4)cc3)[nH]c2c1C(=O)N1CC(CF)C1. The van der Waals surface area contributed by atoms with Crippen molar-refractivity contribution in [3.05, 3.63) is 69.9 Å². The van der Waals surface area contributed by atoms with Gasteiger partial charge in [0, 0.05) is 37.5 Å². The second-order valence-electron chi connectivity index (χ2n) is 9.83. The summed E-state index contributed by atoms with van der Waals surface area (Å²) in [6.07, 6.45) is 8.07. The lowest BCUT2D eigenvalue weighted by Gasteiger charge is -2.37. The maximum absolute atomic E-state index is 13.6. The quantitative estimate of drug-likeness (QED) is 0.457. The number of alkyl halides is 1. The monoisotopic (exact) mass is 486 g/mol. The maximum Gasteiger partial charge on any atom is 0.274 e. The van der Waals surface area contributed by atoms with Crippen molar-refractivity contribution in [2.45, 2.75) is 38.5 Å². The topological polar surface area (TPSA) is 96.2 Å². The van der Waals surface area contributed by atoms with E-state index < -0.39 is 6.67 Å². The number of hydrogen-bond acceptors (Lipinski definition) is 5. The number of aromatic amines is 1. The molecule has 2 fully saturated rings. The predicted octanol–water partition coefficient (Wildman–Crippen LogP) is 4.15. The van der Waals surface area contributed by atoms with Gasteiger partial charge in [0.1, 0.15) is 17.0 Å². The number of likely N-dealkylation sites (tertiary alicyclic amines) is 1. The van der Waals surface area contributed by atoms with Crippen LogP contribution in [0.5, 0.6) is 0 Å². The number of amides is 1. The Kier molecular flexibility index (Phi) is 5.62. The maximum atomic E-state index is 13.6. The number of aryl methyl sites for hydroxylation is 1. The van der Waals surface area contributed by atoms with Gasteiger partial charge in [0.05, 0.1) is 18.1 Å². The summed E-state index contributed by atoms with van der Waals surface area (Å²) in [6, 6.07) is 9.78. The molecule has 1 aliphatic carbocycles. The Balaban J connectivity index is 1.47. The highest BCUT2D eigenvalue weighted by atomic mass is 19.1. The van der Waals surface area contributed by atoms with E-state index in [9.17, 15) is 14.0 Å². The van der Waals surface area contributed by atoms with E-state index in [-0.39, 0.29) is 28.6 Å². The first-order chi connectivity index (χ1) is 17.5. The summed E-state index contributed by atoms with van der Waals surface area (Å²) in [4.78, 5) is 40.3. The fourth-order valence-corrected chi connectivity index (χ4v) is 5.39. The molecule has 4 aromatic rings. The first-order valence-corrected chi connectivity index (χ1v) is 12.4. The lowest BCUT2D eigenvalue weighted by Crippen LogP contribution is -2.50. The van der Waals surface area contributed by atoms with Crippen molar-refractivity contribution in [2.75, 3.05) is 19.8 Å². The summed E-state index contributed by atoms with van der Waals surface area (Å²) < 4.78 is 14.3. The Hall–Kier alpha value is -3.88. The number of halogens is 1. The van der Waals surface area contributed by atoms with Gasteiger partial charge >= 0.3 is 0 Å². The van der Waals surface area contributed by atoms with E-state index >= 15 is 0 Å². The molecule has 0 spiro atoms. The predicted molar refractivity (Wildman–Crippen MR) is 134 cm³/mol. The molecule has 0 radical (unpaired) electrons. The number of benzene rings is 1. The highest BCUT2D eigenvalue weighted by Crippen LogP contribution is 2.35. The van der Waals surface area contributed by atoms with Gasteiger partial charge in [-0.05, 0) is 36.8 Å². The Morgan fingerprint density at radius 2 is 1.81 bits per heavy atom. The van der Waals surface area contributed by atoms with E-state index in [1.165, 1.54) is 48.0 Å². The van der Waals surface area contributed by atoms with Crippen molar-refractivity contribution in [2.24, 2.45) is 5.92 Å². The molecule has 0 bridgehead atoms. The van der Waals surface area contributed by atoms with E-state index in [1.807, 2.05) is 12.1 Å². The molecule has 36 heavy (non-hydrogen) atoms. The number of aromatic nitrogens is 5. The van der Waals surface area contributed by atoms with Crippen LogP contribution in [0.2, 0.25) is 0 Å². The van der Waals surface area contributed by atoms with Crippen LogP contribution in [0.1, 0.15) is 53.2 Å². The molecule has 4 heterocycles. The number of hydrogen-bond donors (Lipinski definition) is 1. The van der Waals surface area contributed by atoms with E-state index in [4.69, 9.17) is 0 Å². The normalized spacial score (nSPS) is 16.6. The second-order valence-corrected chi connectivity index (χ2v) is 9.83. The highest BCUT2D eigenvalue weighted by molar-refractivity contribution is 6.05. The molecule has 9 heteroatoms. The number of fused-ring (bicyclic) bond motifs is 1. The van der Waals surface area contributed by atoms with Crippen molar-refractivity contribution < 1.29 is 9.18 Å². The van der Waals surface area contributed by atoms with Crippen molar-refractivity contribution in [1.29, 1.82) is 0 Å². The second kappa shape index (κ2) is 8.96. The van der Waals surface area contributed by atoms with Crippen molar-refractivity contribution >= 4 is 11.6 Å². The minimum absolute atomic E-state index is 0.162. The van der Waals surface area contributed by atoms with Gasteiger partial charge in [-0.2, -0.15) is 9.61 Å². The molecular weight excluding hydrogens is 459 g/mol. The fourth-order valence-electron chi connectivity index (χ4n) is 5.39. The van der Waals surface area contributed by atoms with Crippen LogP contribution in [0.3, 0.4) is 0 Å². The lowest BCUT2D eigenvalue weighted by atomic mass is 9.96. The van der Waals surface area contributed by atoms with Crippen LogP contribution in [0, 0.1) is 12.8 Å². The van der Waals surface area contributed by atoms with Crippen LogP contribution in [-0.2, 0) is 0 Å². The van der Waals surface area contributed by atoms with Crippen molar-refractivity contribution in [3.63, 3.8) is 0 Å². The van der Waals surface area contributed by atoms with Gasteiger partial charge in [-0.15, -0.1) is 0 Å². The summed E-state index contributed by atoms with van der Waals surface area (Å²) in [6.45, 7) is 1.98. The first kappa shape index (κ1) is 22.6. The Morgan fingerprint density at radius 1 is 1.08 bits per heavy atom. The van der Waals surface area contributed by atoms with Crippen LogP contribution >= 0.6 is 0 Å². The van der Waals surface area contributed by atoms with E-state index in [1.54, 1.807) is 18.0 Å². The average molecular weight is 487 g/mol. The van der Waals surface area contributed by atoms with Crippen molar-refractivity contribution in [1.82, 2.24) is 29.5 Å². The number of nitrogens with one attached hydrogen (secondary N) is 1. The fraction of sp³-hybridized carbons (Fsp3) is 0.370. The number of H-pyrrole nitrogens is 1. The van der Waals surface area contributed by atoms with Gasteiger partial charge in [0.15, 0.2) is 5.65 Å². The Morgan fingerprint density at radius 3 is 2.50 bits per heavy atom. The summed E-state index contributed by atoms with van der Waals surface area (Å²) in [5, 5.41) is 4.49. The number of carbonyl (C=O) groups is 1. The van der Waals surface area contributed by atoms with Gasteiger partial charge in [-0.1, -0.05) is 37.1 Å². The number of carbonyl (C=O) groups excluding carboxylic acids is 1. The van der Waals surface area contributed by atoms with Crippen molar-refractivity contribution in [3.8, 4) is 22.6 Å². The molecule has 3 aromatic heterocycles. The molecule has 0 unspecified atom stereocenters. The minimum Gasteiger partial charge on any atom is -0.339 e. The van der Waals surface area contributed by atoms with E-state index in [0.29, 0.717) is 41.7 Å². The van der Waals surface area contributed by atoms with Crippen LogP contribution < -0.4 is 5.56 Å². The number of rotatable bonds is 5. The third-order valence-corrected chi connectivity index (χ3v) is 7.45. The molecule has 1 aromatic carbocycles. The zero-order valence-electron chi connectivity index (χ0n) is 20.1. The van der Waals surface area contributed by atoms with Gasteiger partial charge in [0.2, 0.25) is 0 Å². The molecule has 1 N–H and O–H groups in total. The van der Waals surface area contributed by atoms with Crippen LogP contribution in [0.4, 0.5) is 4.39 Å². The van der Waals surface area contributed by atoms with Crippen LogP contribution in [0.25, 0.3) is 28.3 Å². The van der Waals surface area contributed by atoms with Gasteiger partial charge in [-0.25, -0.2) is 0 Å². The molecule has 184 valence electrons. The summed E-state index contributed by atoms with van der Waals surface area (Å²) in [5.74, 6) is 0.131. The molecular formula is C27H27FN6O2. The number of nitrogens with zero attached hydrogens (tertiary/aromatic N) is 5. The zero-order chi connectivity index (χ0) is 24.8. The van der Waals surface area contributed by atoms with Crippen LogP contribution in [0.15, 0.2) is 47.5 Å². The smallest absolute Gasteiger partial charge is 0.274 e. The largest absolute Gasteiger partial charge is 0.339 e. The van der Waals surface area contributed by atoms with Gasteiger partial charge in [-0.3, -0.25) is 23.9 Å². The van der Waals surface area contributed by atoms with Gasteiger partial charge < -0.3 is 9.88 Å². The molecule has 0 atom stereocenters. The van der Waals surface area contributed by atoms with Gasteiger partial charge in [0.25, 0.3) is 11.5 Å². The molecule has 8 nitrogen and oxygen atoms in total. The third kappa shape index (κ3) is 3.79. The Bertz CT molecular complexity index is 1500. The third-order valence-electron chi connectivity index (χ3n) is 7.45. The molecule has 1 saturated heterocycles. The van der Waals surface area contributed by atoms with E-state index in [2.05, 4.69) is 32.2 Å². The molecule has 6 rings (SSSR count). The Labute approximate surface area is 207 Å². The standard InChI is InChI=1S/C27H27FN6O2/c1-16-24(30-11-10-29-16)25-23(27(36)33-14-17(13-28)15-33)26-31-21(12-22(35)34(26)32-25)20-8-6-19(7-9-20)18-4-2-3-5-18/h6-12,17-18,31H,2-5,13-15H2,1H3. The van der Waals surface area contributed by atoms with E-state index in [0.717, 1.165) is 5.56 Å². The summed E-state index contributed by atoms with van der Waals surface area (Å²) in [7, 11) is 0. The van der Waals surface area contributed by atoms with Crippen LogP contribution in [-0.4, -0.2) is 55.1 Å². The minimum atomic E-state index is -0.466. The lowest BCUT2D eigenvalue weighted by molar-refractivity contribution is 0.0455.